The van der Waals surface area contributed by atoms with E-state index in [2.05, 4.69) is 26.5 Å². The number of amides is 1. The van der Waals surface area contributed by atoms with Gasteiger partial charge in [-0.1, -0.05) is 28.1 Å². The fourth-order valence-electron chi connectivity index (χ4n) is 2.35. The molecule has 1 amide bonds. The monoisotopic (exact) mass is 330 g/mol. The second-order valence-electron chi connectivity index (χ2n) is 4.52. The molecule has 1 aliphatic rings. The van der Waals surface area contributed by atoms with Gasteiger partial charge in [0.25, 0.3) is 0 Å². The van der Waals surface area contributed by atoms with Gasteiger partial charge in [-0.05, 0) is 24.6 Å². The summed E-state index contributed by atoms with van der Waals surface area (Å²) >= 11 is 3.34. The standard InChI is InChI=1S/C14H11BrN4O/c1-8-12(14(20)19-18-8)13(10(6-16)7-17)9-2-4-11(15)5-3-9/h2-5,10,12-13H,1H3,(H,19,20)/t12-,13-/m0/s1. The molecule has 0 spiro atoms. The summed E-state index contributed by atoms with van der Waals surface area (Å²) in [6.45, 7) is 1.72. The summed E-state index contributed by atoms with van der Waals surface area (Å²) in [5, 5.41) is 22.3. The highest BCUT2D eigenvalue weighted by Gasteiger charge is 2.40. The zero-order valence-corrected chi connectivity index (χ0v) is 12.3. The Labute approximate surface area is 125 Å². The van der Waals surface area contributed by atoms with Crippen LogP contribution in [-0.4, -0.2) is 11.6 Å². The van der Waals surface area contributed by atoms with Crippen LogP contribution in [0.3, 0.4) is 0 Å². The Morgan fingerprint density at radius 2 is 1.90 bits per heavy atom. The largest absolute Gasteiger partial charge is 0.272 e. The summed E-state index contributed by atoms with van der Waals surface area (Å²) in [6, 6.07) is 11.2. The normalized spacial score (nSPS) is 18.9. The first-order chi connectivity index (χ1) is 9.58. The number of hydrogen-bond acceptors (Lipinski definition) is 4. The van der Waals surface area contributed by atoms with Crippen LogP contribution in [0.4, 0.5) is 0 Å². The third-order valence-electron chi connectivity index (χ3n) is 3.33. The van der Waals surface area contributed by atoms with Crippen LogP contribution >= 0.6 is 15.9 Å². The quantitative estimate of drug-likeness (QED) is 0.922. The molecule has 0 unspecified atom stereocenters. The van der Waals surface area contributed by atoms with E-state index < -0.39 is 17.8 Å². The molecule has 2 rings (SSSR count). The summed E-state index contributed by atoms with van der Waals surface area (Å²) in [4.78, 5) is 11.9. The smallest absolute Gasteiger partial charge is 0.249 e. The van der Waals surface area contributed by atoms with E-state index in [1.165, 1.54) is 0 Å². The highest BCUT2D eigenvalue weighted by atomic mass is 79.9. The predicted molar refractivity (Wildman–Crippen MR) is 76.3 cm³/mol. The van der Waals surface area contributed by atoms with Crippen LogP contribution in [0.5, 0.6) is 0 Å². The first kappa shape index (κ1) is 14.2. The summed E-state index contributed by atoms with van der Waals surface area (Å²) in [7, 11) is 0. The third-order valence-corrected chi connectivity index (χ3v) is 3.85. The Morgan fingerprint density at radius 1 is 1.30 bits per heavy atom. The third kappa shape index (κ3) is 2.56. The number of hydrogen-bond donors (Lipinski definition) is 1. The molecule has 1 aromatic rings. The molecule has 1 N–H and O–H groups in total. The molecular weight excluding hydrogens is 320 g/mol. The zero-order chi connectivity index (χ0) is 14.7. The number of nitrogens with zero attached hydrogens (tertiary/aromatic N) is 3. The fourth-order valence-corrected chi connectivity index (χ4v) is 2.61. The summed E-state index contributed by atoms with van der Waals surface area (Å²) in [5.41, 5.74) is 3.78. The fraction of sp³-hybridized carbons (Fsp3) is 0.286. The van der Waals surface area contributed by atoms with Crippen LogP contribution in [-0.2, 0) is 4.79 Å². The van der Waals surface area contributed by atoms with Crippen molar-refractivity contribution < 1.29 is 4.79 Å². The number of carbonyl (C=O) groups is 1. The van der Waals surface area contributed by atoms with Gasteiger partial charge in [-0.25, -0.2) is 5.43 Å². The highest BCUT2D eigenvalue weighted by molar-refractivity contribution is 9.10. The molecule has 1 aromatic carbocycles. The summed E-state index contributed by atoms with van der Waals surface area (Å²) < 4.78 is 0.895. The van der Waals surface area contributed by atoms with Crippen molar-refractivity contribution in [1.29, 1.82) is 10.5 Å². The molecule has 0 fully saturated rings. The lowest BCUT2D eigenvalue weighted by atomic mass is 9.76. The maximum Gasteiger partial charge on any atom is 0.249 e. The second kappa shape index (κ2) is 5.85. The maximum absolute atomic E-state index is 11.9. The number of halogens is 1. The van der Waals surface area contributed by atoms with Gasteiger partial charge < -0.3 is 0 Å². The minimum absolute atomic E-state index is 0.272. The minimum atomic E-state index is -0.907. The van der Waals surface area contributed by atoms with Crippen LogP contribution in [0.2, 0.25) is 0 Å². The molecule has 2 atom stereocenters. The average Bonchev–Trinajstić information content (AvgIpc) is 2.77. The van der Waals surface area contributed by atoms with Crippen molar-refractivity contribution in [2.75, 3.05) is 0 Å². The van der Waals surface area contributed by atoms with Crippen molar-refractivity contribution in [3.8, 4) is 12.1 Å². The van der Waals surface area contributed by atoms with Gasteiger partial charge in [0, 0.05) is 16.1 Å². The number of nitrogens with one attached hydrogen (secondary N) is 1. The van der Waals surface area contributed by atoms with Crippen molar-refractivity contribution >= 4 is 27.5 Å². The number of rotatable bonds is 3. The van der Waals surface area contributed by atoms with E-state index in [1.807, 2.05) is 36.4 Å². The van der Waals surface area contributed by atoms with E-state index in [-0.39, 0.29) is 5.91 Å². The molecular formula is C14H11BrN4O. The second-order valence-corrected chi connectivity index (χ2v) is 5.44. The number of benzene rings is 1. The Kier molecular flexibility index (Phi) is 4.16. The lowest BCUT2D eigenvalue weighted by Crippen LogP contribution is -2.32. The minimum Gasteiger partial charge on any atom is -0.272 e. The van der Waals surface area contributed by atoms with E-state index in [1.54, 1.807) is 6.92 Å². The van der Waals surface area contributed by atoms with E-state index in [0.717, 1.165) is 10.0 Å². The van der Waals surface area contributed by atoms with E-state index >= 15 is 0 Å². The number of nitriles is 2. The topological polar surface area (TPSA) is 89.0 Å². The molecule has 0 saturated heterocycles. The van der Waals surface area contributed by atoms with E-state index in [4.69, 9.17) is 0 Å². The molecule has 20 heavy (non-hydrogen) atoms. The van der Waals surface area contributed by atoms with E-state index in [0.29, 0.717) is 5.71 Å². The van der Waals surface area contributed by atoms with Gasteiger partial charge in [-0.3, -0.25) is 4.79 Å². The zero-order valence-electron chi connectivity index (χ0n) is 10.7. The molecule has 100 valence electrons. The molecule has 6 heteroatoms. The van der Waals surface area contributed by atoms with Gasteiger partial charge in [-0.2, -0.15) is 15.6 Å². The van der Waals surface area contributed by atoms with Crippen molar-refractivity contribution in [2.24, 2.45) is 16.9 Å². The van der Waals surface area contributed by atoms with Crippen molar-refractivity contribution in [3.63, 3.8) is 0 Å². The lowest BCUT2D eigenvalue weighted by molar-refractivity contribution is -0.122. The molecule has 0 saturated carbocycles. The number of hydrazone groups is 1. The van der Waals surface area contributed by atoms with Gasteiger partial charge in [0.2, 0.25) is 5.91 Å². The average molecular weight is 331 g/mol. The Bertz CT molecular complexity index is 625. The van der Waals surface area contributed by atoms with Gasteiger partial charge in [0.05, 0.1) is 18.1 Å². The highest BCUT2D eigenvalue weighted by Crippen LogP contribution is 2.35. The molecule has 1 aliphatic heterocycles. The summed E-state index contributed by atoms with van der Waals surface area (Å²) in [6.07, 6.45) is 0. The van der Waals surface area contributed by atoms with Crippen LogP contribution in [0.25, 0.3) is 0 Å². The first-order valence-corrected chi connectivity index (χ1v) is 6.76. The van der Waals surface area contributed by atoms with Gasteiger partial charge in [0.1, 0.15) is 5.92 Å². The molecule has 0 bridgehead atoms. The van der Waals surface area contributed by atoms with Gasteiger partial charge in [-0.15, -0.1) is 0 Å². The summed E-state index contributed by atoms with van der Waals surface area (Å²) in [5.74, 6) is -2.29. The van der Waals surface area contributed by atoms with Gasteiger partial charge in [0.15, 0.2) is 0 Å². The molecule has 0 aliphatic carbocycles. The van der Waals surface area contributed by atoms with Crippen molar-refractivity contribution in [2.45, 2.75) is 12.8 Å². The SMILES string of the molecule is CC1=NNC(=O)[C@@H]1[C@@H](c1ccc(Br)cc1)C(C#N)C#N. The van der Waals surface area contributed by atoms with Crippen LogP contribution in [0.1, 0.15) is 18.4 Å². The molecule has 0 aromatic heterocycles. The number of carbonyl (C=O) groups excluding carboxylic acids is 1. The molecule has 0 radical (unpaired) electrons. The maximum atomic E-state index is 11.9. The van der Waals surface area contributed by atoms with Gasteiger partial charge >= 0.3 is 0 Å². The van der Waals surface area contributed by atoms with Crippen LogP contribution in [0, 0.1) is 34.5 Å². The van der Waals surface area contributed by atoms with E-state index in [9.17, 15) is 15.3 Å². The Hall–Kier alpha value is -2.18. The first-order valence-electron chi connectivity index (χ1n) is 5.97. The lowest BCUT2D eigenvalue weighted by Gasteiger charge is -2.23. The van der Waals surface area contributed by atoms with Crippen LogP contribution < -0.4 is 5.43 Å². The van der Waals surface area contributed by atoms with Crippen molar-refractivity contribution in [1.82, 2.24) is 5.43 Å². The van der Waals surface area contributed by atoms with Crippen LogP contribution in [0.15, 0.2) is 33.8 Å². The molecule has 5 nitrogen and oxygen atoms in total. The Morgan fingerprint density at radius 3 is 2.35 bits per heavy atom. The van der Waals surface area contributed by atoms with Crippen molar-refractivity contribution in [3.05, 3.63) is 34.3 Å². The Balaban J connectivity index is 2.48. The molecule has 1 heterocycles. The predicted octanol–water partition coefficient (Wildman–Crippen LogP) is 2.32.